The Bertz CT molecular complexity index is 1110. The van der Waals surface area contributed by atoms with Gasteiger partial charge in [0.15, 0.2) is 11.6 Å². The lowest BCUT2D eigenvalue weighted by atomic mass is 10.2. The number of hydrogen-bond acceptors (Lipinski definition) is 8. The highest BCUT2D eigenvalue weighted by Gasteiger charge is 2.26. The van der Waals surface area contributed by atoms with Gasteiger partial charge in [0.25, 0.3) is 0 Å². The van der Waals surface area contributed by atoms with Crippen molar-refractivity contribution in [1.82, 2.24) is 50.2 Å². The Morgan fingerprint density at radius 2 is 1.29 bits per heavy atom. The zero-order valence-corrected chi connectivity index (χ0v) is 17.4. The second kappa shape index (κ2) is 8.70. The molecule has 0 aliphatic carbocycles. The molecule has 1 aliphatic rings. The van der Waals surface area contributed by atoms with E-state index in [0.29, 0.717) is 19.1 Å². The van der Waals surface area contributed by atoms with Gasteiger partial charge in [0.05, 0.1) is 24.5 Å². The van der Waals surface area contributed by atoms with E-state index in [-0.39, 0.29) is 0 Å². The van der Waals surface area contributed by atoms with Crippen molar-refractivity contribution >= 4 is 0 Å². The maximum absolute atomic E-state index is 4.26. The Kier molecular flexibility index (Phi) is 5.46. The van der Waals surface area contributed by atoms with Crippen LogP contribution >= 0.6 is 0 Å². The lowest BCUT2D eigenvalue weighted by Crippen LogP contribution is -2.51. The van der Waals surface area contributed by atoms with E-state index < -0.39 is 0 Å². The van der Waals surface area contributed by atoms with Crippen molar-refractivity contribution in [3.8, 4) is 11.4 Å². The Hall–Kier alpha value is -3.50. The molecule has 31 heavy (non-hydrogen) atoms. The molecule has 0 bridgehead atoms. The third kappa shape index (κ3) is 4.21. The number of hydrogen-bond donors (Lipinski definition) is 0. The fraction of sp³-hybridized carbons (Fsp3) is 0.333. The predicted octanol–water partition coefficient (Wildman–Crippen LogP) is 1.34. The van der Waals surface area contributed by atoms with Crippen molar-refractivity contribution in [2.45, 2.75) is 26.1 Å². The van der Waals surface area contributed by atoms with Crippen molar-refractivity contribution in [1.29, 1.82) is 0 Å². The summed E-state index contributed by atoms with van der Waals surface area (Å²) in [5.41, 5.74) is 1.95. The van der Waals surface area contributed by atoms with Gasteiger partial charge in [-0.2, -0.15) is 9.36 Å². The van der Waals surface area contributed by atoms with E-state index in [9.17, 15) is 0 Å². The minimum absolute atomic E-state index is 0.357. The second-order valence-electron chi connectivity index (χ2n) is 7.74. The summed E-state index contributed by atoms with van der Waals surface area (Å²) in [6, 6.07) is 20.3. The van der Waals surface area contributed by atoms with E-state index in [4.69, 9.17) is 0 Å². The van der Waals surface area contributed by atoms with Crippen LogP contribution in [-0.4, -0.2) is 75.9 Å². The highest BCUT2D eigenvalue weighted by atomic mass is 15.6. The maximum atomic E-state index is 4.26. The first kappa shape index (κ1) is 19.5. The predicted molar refractivity (Wildman–Crippen MR) is 113 cm³/mol. The van der Waals surface area contributed by atoms with Crippen molar-refractivity contribution < 1.29 is 0 Å². The molecule has 0 amide bonds. The summed E-state index contributed by atoms with van der Waals surface area (Å²) in [4.78, 5) is 4.81. The zero-order valence-electron chi connectivity index (χ0n) is 17.4. The molecule has 1 saturated heterocycles. The van der Waals surface area contributed by atoms with Gasteiger partial charge in [0.2, 0.25) is 0 Å². The molecule has 0 radical (unpaired) electrons. The van der Waals surface area contributed by atoms with Crippen LogP contribution in [0.15, 0.2) is 60.7 Å². The minimum atomic E-state index is 0.357. The molecule has 158 valence electrons. The molecular weight excluding hydrogens is 392 g/mol. The van der Waals surface area contributed by atoms with E-state index in [0.717, 1.165) is 42.7 Å². The number of tetrazole rings is 2. The fourth-order valence-electron chi connectivity index (χ4n) is 3.98. The van der Waals surface area contributed by atoms with E-state index in [1.165, 1.54) is 0 Å². The lowest BCUT2D eigenvalue weighted by molar-refractivity contribution is 0.0689. The summed E-state index contributed by atoms with van der Waals surface area (Å²) < 4.78 is 3.62. The van der Waals surface area contributed by atoms with Gasteiger partial charge < -0.3 is 0 Å². The lowest BCUT2D eigenvalue weighted by Gasteiger charge is -2.39. The molecule has 5 rings (SSSR count). The maximum Gasteiger partial charge on any atom is 0.170 e. The average Bonchev–Trinajstić information content (AvgIpc) is 3.46. The van der Waals surface area contributed by atoms with Crippen LogP contribution in [0.1, 0.15) is 18.6 Å². The molecule has 2 aromatic heterocycles. The molecule has 1 fully saturated rings. The SMILES string of the molecule is C[C@H]1CN(Cc2nnnn2-c2ccccc2)CCN1Cc1nnnn1-c1ccccc1. The molecule has 10 heteroatoms. The Morgan fingerprint density at radius 3 is 1.84 bits per heavy atom. The topological polar surface area (TPSA) is 93.7 Å². The summed E-state index contributed by atoms with van der Waals surface area (Å²) in [6.07, 6.45) is 0. The van der Waals surface area contributed by atoms with Crippen LogP contribution in [0.3, 0.4) is 0 Å². The van der Waals surface area contributed by atoms with Crippen LogP contribution < -0.4 is 0 Å². The smallest absolute Gasteiger partial charge is 0.170 e. The molecule has 0 spiro atoms. The van der Waals surface area contributed by atoms with E-state index in [2.05, 4.69) is 47.8 Å². The van der Waals surface area contributed by atoms with Crippen LogP contribution in [0.4, 0.5) is 0 Å². The summed E-state index contributed by atoms with van der Waals surface area (Å²) in [5, 5.41) is 24.6. The first-order valence-corrected chi connectivity index (χ1v) is 10.4. The fourth-order valence-corrected chi connectivity index (χ4v) is 3.98. The quantitative estimate of drug-likeness (QED) is 0.465. The van der Waals surface area contributed by atoms with Gasteiger partial charge in [-0.1, -0.05) is 36.4 Å². The first-order chi connectivity index (χ1) is 15.3. The van der Waals surface area contributed by atoms with Crippen molar-refractivity contribution in [2.75, 3.05) is 19.6 Å². The van der Waals surface area contributed by atoms with Gasteiger partial charge in [-0.15, -0.1) is 10.2 Å². The molecule has 2 aromatic carbocycles. The molecule has 10 nitrogen and oxygen atoms in total. The van der Waals surface area contributed by atoms with Gasteiger partial charge in [0.1, 0.15) is 0 Å². The third-order valence-electron chi connectivity index (χ3n) is 5.63. The van der Waals surface area contributed by atoms with Gasteiger partial charge in [-0.25, -0.2) is 0 Å². The largest absolute Gasteiger partial charge is 0.293 e. The van der Waals surface area contributed by atoms with Crippen LogP contribution in [0.25, 0.3) is 11.4 Å². The number of piperazine rings is 1. The van der Waals surface area contributed by atoms with Gasteiger partial charge in [0, 0.05) is 25.7 Å². The highest BCUT2D eigenvalue weighted by Crippen LogP contribution is 2.17. The molecule has 0 saturated carbocycles. The summed E-state index contributed by atoms with van der Waals surface area (Å²) in [5.74, 6) is 1.69. The molecular formula is C21H24N10. The van der Waals surface area contributed by atoms with Crippen LogP contribution in [0.2, 0.25) is 0 Å². The average molecular weight is 416 g/mol. The minimum Gasteiger partial charge on any atom is -0.293 e. The van der Waals surface area contributed by atoms with E-state index in [1.54, 1.807) is 0 Å². The van der Waals surface area contributed by atoms with Crippen LogP contribution in [-0.2, 0) is 13.1 Å². The summed E-state index contributed by atoms with van der Waals surface area (Å²) in [6.45, 7) is 6.44. The summed E-state index contributed by atoms with van der Waals surface area (Å²) >= 11 is 0. The van der Waals surface area contributed by atoms with Crippen molar-refractivity contribution in [2.24, 2.45) is 0 Å². The molecule has 0 unspecified atom stereocenters. The normalized spacial score (nSPS) is 17.8. The van der Waals surface area contributed by atoms with Gasteiger partial charge in [-0.3, -0.25) is 9.80 Å². The number of para-hydroxylation sites is 2. The third-order valence-corrected chi connectivity index (χ3v) is 5.63. The van der Waals surface area contributed by atoms with Crippen molar-refractivity contribution in [3.05, 3.63) is 72.3 Å². The van der Waals surface area contributed by atoms with Crippen LogP contribution in [0, 0.1) is 0 Å². The number of aromatic nitrogens is 8. The van der Waals surface area contributed by atoms with Gasteiger partial charge in [-0.05, 0) is 52.0 Å². The van der Waals surface area contributed by atoms with Crippen molar-refractivity contribution in [3.63, 3.8) is 0 Å². The standard InChI is InChI=1S/C21H24N10/c1-17-14-28(15-20-22-24-26-30(20)18-8-4-2-5-9-18)12-13-29(17)16-21-23-25-27-31(21)19-10-6-3-7-11-19/h2-11,17H,12-16H2,1H3/t17-/m0/s1. The summed E-state index contributed by atoms with van der Waals surface area (Å²) in [7, 11) is 0. The Labute approximate surface area is 180 Å². The first-order valence-electron chi connectivity index (χ1n) is 10.4. The van der Waals surface area contributed by atoms with Gasteiger partial charge >= 0.3 is 0 Å². The highest BCUT2D eigenvalue weighted by molar-refractivity contribution is 5.31. The molecule has 3 heterocycles. The molecule has 4 aromatic rings. The Balaban J connectivity index is 1.24. The monoisotopic (exact) mass is 416 g/mol. The number of benzene rings is 2. The van der Waals surface area contributed by atoms with E-state index >= 15 is 0 Å². The number of nitrogens with zero attached hydrogens (tertiary/aromatic N) is 10. The second-order valence-corrected chi connectivity index (χ2v) is 7.74. The molecule has 0 N–H and O–H groups in total. The molecule has 1 aliphatic heterocycles. The zero-order chi connectivity index (χ0) is 21.0. The van der Waals surface area contributed by atoms with E-state index in [1.807, 2.05) is 70.0 Å². The van der Waals surface area contributed by atoms with Crippen LogP contribution in [0.5, 0.6) is 0 Å². The molecule has 1 atom stereocenters. The Morgan fingerprint density at radius 1 is 0.742 bits per heavy atom. The number of rotatable bonds is 6.